The Labute approximate surface area is 121 Å². The fraction of sp³-hybridized carbons (Fsp3) is 0.857. The maximum atomic E-state index is 12.2. The number of nitrogens with one attached hydrogen (secondary N) is 2. The molecule has 0 radical (unpaired) electrons. The van der Waals surface area contributed by atoms with Crippen LogP contribution < -0.4 is 10.6 Å². The van der Waals surface area contributed by atoms with Gasteiger partial charge in [0.25, 0.3) is 0 Å². The van der Waals surface area contributed by atoms with Crippen molar-refractivity contribution in [3.05, 3.63) is 0 Å². The SMILES string of the molecule is CCNCC(C)C(=O)N1CCN(CC(=O)NCC)CC1. The lowest BCUT2D eigenvalue weighted by atomic mass is 10.1. The van der Waals surface area contributed by atoms with Crippen molar-refractivity contribution in [2.75, 3.05) is 52.4 Å². The van der Waals surface area contributed by atoms with E-state index in [0.29, 0.717) is 26.2 Å². The second kappa shape index (κ2) is 8.92. The van der Waals surface area contributed by atoms with Gasteiger partial charge in [0.15, 0.2) is 0 Å². The maximum absolute atomic E-state index is 12.2. The molecule has 1 unspecified atom stereocenters. The minimum atomic E-state index is 0.0184. The normalized spacial score (nSPS) is 17.9. The molecule has 1 heterocycles. The van der Waals surface area contributed by atoms with E-state index in [9.17, 15) is 9.59 Å². The van der Waals surface area contributed by atoms with Crippen molar-refractivity contribution in [2.45, 2.75) is 20.8 Å². The van der Waals surface area contributed by atoms with E-state index in [0.717, 1.165) is 26.2 Å². The summed E-state index contributed by atoms with van der Waals surface area (Å²) >= 11 is 0. The van der Waals surface area contributed by atoms with E-state index in [-0.39, 0.29) is 17.7 Å². The van der Waals surface area contributed by atoms with E-state index in [1.807, 2.05) is 25.7 Å². The lowest BCUT2D eigenvalue weighted by Crippen LogP contribution is -2.52. The van der Waals surface area contributed by atoms with Gasteiger partial charge >= 0.3 is 0 Å². The van der Waals surface area contributed by atoms with Crippen molar-refractivity contribution in [2.24, 2.45) is 5.92 Å². The van der Waals surface area contributed by atoms with Crippen molar-refractivity contribution in [1.29, 1.82) is 0 Å². The van der Waals surface area contributed by atoms with Gasteiger partial charge in [-0.15, -0.1) is 0 Å². The molecule has 1 atom stereocenters. The molecule has 0 saturated carbocycles. The predicted octanol–water partition coefficient (Wildman–Crippen LogP) is -0.488. The van der Waals surface area contributed by atoms with E-state index in [2.05, 4.69) is 15.5 Å². The molecule has 0 spiro atoms. The third-order valence-electron chi connectivity index (χ3n) is 3.55. The highest BCUT2D eigenvalue weighted by Crippen LogP contribution is 2.07. The second-order valence-corrected chi connectivity index (χ2v) is 5.26. The van der Waals surface area contributed by atoms with Gasteiger partial charge in [0.2, 0.25) is 11.8 Å². The van der Waals surface area contributed by atoms with Gasteiger partial charge in [0, 0.05) is 45.2 Å². The molecule has 0 aromatic carbocycles. The second-order valence-electron chi connectivity index (χ2n) is 5.26. The van der Waals surface area contributed by atoms with Gasteiger partial charge in [-0.25, -0.2) is 0 Å². The van der Waals surface area contributed by atoms with Crippen LogP contribution in [0.15, 0.2) is 0 Å². The summed E-state index contributed by atoms with van der Waals surface area (Å²) in [7, 11) is 0. The highest BCUT2D eigenvalue weighted by Gasteiger charge is 2.25. The fourth-order valence-electron chi connectivity index (χ4n) is 2.34. The Morgan fingerprint density at radius 2 is 1.75 bits per heavy atom. The molecule has 116 valence electrons. The molecule has 0 aromatic heterocycles. The zero-order valence-corrected chi connectivity index (χ0v) is 12.9. The summed E-state index contributed by atoms with van der Waals surface area (Å²) in [5.41, 5.74) is 0. The molecule has 0 aliphatic carbocycles. The molecule has 1 fully saturated rings. The largest absolute Gasteiger partial charge is 0.355 e. The van der Waals surface area contributed by atoms with Gasteiger partial charge in [-0.3, -0.25) is 14.5 Å². The molecule has 2 N–H and O–H groups in total. The first-order valence-corrected chi connectivity index (χ1v) is 7.57. The number of carbonyl (C=O) groups is 2. The molecule has 6 heteroatoms. The molecule has 0 bridgehead atoms. The molecule has 20 heavy (non-hydrogen) atoms. The summed E-state index contributed by atoms with van der Waals surface area (Å²) in [4.78, 5) is 27.7. The number of amides is 2. The maximum Gasteiger partial charge on any atom is 0.234 e. The van der Waals surface area contributed by atoms with E-state index < -0.39 is 0 Å². The van der Waals surface area contributed by atoms with Gasteiger partial charge < -0.3 is 15.5 Å². The Kier molecular flexibility index (Phi) is 7.54. The minimum Gasteiger partial charge on any atom is -0.355 e. The lowest BCUT2D eigenvalue weighted by Gasteiger charge is -2.35. The number of piperazine rings is 1. The van der Waals surface area contributed by atoms with Crippen molar-refractivity contribution < 1.29 is 9.59 Å². The van der Waals surface area contributed by atoms with E-state index in [1.165, 1.54) is 0 Å². The smallest absolute Gasteiger partial charge is 0.234 e. The van der Waals surface area contributed by atoms with Crippen molar-refractivity contribution in [1.82, 2.24) is 20.4 Å². The van der Waals surface area contributed by atoms with Crippen LogP contribution in [0.2, 0.25) is 0 Å². The van der Waals surface area contributed by atoms with Gasteiger partial charge in [-0.2, -0.15) is 0 Å². The number of hydrogen-bond donors (Lipinski definition) is 2. The van der Waals surface area contributed by atoms with Crippen LogP contribution in [-0.2, 0) is 9.59 Å². The molecule has 1 rings (SSSR count). The molecular formula is C14H28N4O2. The predicted molar refractivity (Wildman–Crippen MR) is 79.4 cm³/mol. The minimum absolute atomic E-state index is 0.0184. The summed E-state index contributed by atoms with van der Waals surface area (Å²) < 4.78 is 0. The quantitative estimate of drug-likeness (QED) is 0.662. The van der Waals surface area contributed by atoms with Crippen molar-refractivity contribution in [3.8, 4) is 0 Å². The Hall–Kier alpha value is -1.14. The zero-order chi connectivity index (χ0) is 15.0. The van der Waals surface area contributed by atoms with E-state index in [4.69, 9.17) is 0 Å². The molecule has 1 saturated heterocycles. The number of hydrogen-bond acceptors (Lipinski definition) is 4. The van der Waals surface area contributed by atoms with Gasteiger partial charge in [-0.05, 0) is 13.5 Å². The third-order valence-corrected chi connectivity index (χ3v) is 3.55. The first-order valence-electron chi connectivity index (χ1n) is 7.57. The lowest BCUT2D eigenvalue weighted by molar-refractivity contribution is -0.136. The Bertz CT molecular complexity index is 314. The van der Waals surface area contributed by atoms with Crippen LogP contribution in [0.5, 0.6) is 0 Å². The Morgan fingerprint density at radius 3 is 2.30 bits per heavy atom. The Morgan fingerprint density at radius 1 is 1.10 bits per heavy atom. The summed E-state index contributed by atoms with van der Waals surface area (Å²) in [6, 6.07) is 0. The number of carbonyl (C=O) groups excluding carboxylic acids is 2. The standard InChI is InChI=1S/C14H28N4O2/c1-4-15-10-12(3)14(20)18-8-6-17(7-9-18)11-13(19)16-5-2/h12,15H,4-11H2,1-3H3,(H,16,19). The van der Waals surface area contributed by atoms with E-state index >= 15 is 0 Å². The topological polar surface area (TPSA) is 64.7 Å². The average Bonchev–Trinajstić information content (AvgIpc) is 2.45. The highest BCUT2D eigenvalue weighted by atomic mass is 16.2. The first-order chi connectivity index (χ1) is 9.58. The summed E-state index contributed by atoms with van der Waals surface area (Å²) in [6.07, 6.45) is 0. The number of rotatable bonds is 7. The summed E-state index contributed by atoms with van der Waals surface area (Å²) in [5.74, 6) is 0.293. The fourth-order valence-corrected chi connectivity index (χ4v) is 2.34. The van der Waals surface area contributed by atoms with Crippen LogP contribution in [0.1, 0.15) is 20.8 Å². The number of likely N-dealkylation sites (N-methyl/N-ethyl adjacent to an activating group) is 1. The first kappa shape index (κ1) is 16.9. The molecule has 1 aliphatic heterocycles. The van der Waals surface area contributed by atoms with Crippen LogP contribution in [0.25, 0.3) is 0 Å². The van der Waals surface area contributed by atoms with Crippen LogP contribution in [0, 0.1) is 5.92 Å². The third kappa shape index (κ3) is 5.46. The molecular weight excluding hydrogens is 256 g/mol. The molecule has 0 aromatic rings. The highest BCUT2D eigenvalue weighted by molar-refractivity contribution is 5.79. The van der Waals surface area contributed by atoms with Gasteiger partial charge in [0.1, 0.15) is 0 Å². The van der Waals surface area contributed by atoms with E-state index in [1.54, 1.807) is 0 Å². The van der Waals surface area contributed by atoms with Crippen LogP contribution in [0.4, 0.5) is 0 Å². The van der Waals surface area contributed by atoms with Gasteiger partial charge in [-0.1, -0.05) is 13.8 Å². The van der Waals surface area contributed by atoms with Crippen LogP contribution >= 0.6 is 0 Å². The van der Waals surface area contributed by atoms with Gasteiger partial charge in [0.05, 0.1) is 6.54 Å². The molecule has 1 aliphatic rings. The summed E-state index contributed by atoms with van der Waals surface area (Å²) in [5, 5.41) is 6.00. The van der Waals surface area contributed by atoms with Crippen LogP contribution in [-0.4, -0.2) is 74.0 Å². The summed E-state index contributed by atoms with van der Waals surface area (Å²) in [6.45, 7) is 11.6. The van der Waals surface area contributed by atoms with Crippen LogP contribution in [0.3, 0.4) is 0 Å². The van der Waals surface area contributed by atoms with Crippen molar-refractivity contribution in [3.63, 3.8) is 0 Å². The number of nitrogens with zero attached hydrogens (tertiary/aromatic N) is 2. The van der Waals surface area contributed by atoms with Crippen molar-refractivity contribution >= 4 is 11.8 Å². The average molecular weight is 284 g/mol. The molecule has 6 nitrogen and oxygen atoms in total. The monoisotopic (exact) mass is 284 g/mol. The Balaban J connectivity index is 2.30. The zero-order valence-electron chi connectivity index (χ0n) is 12.9. The molecule has 2 amide bonds.